The van der Waals surface area contributed by atoms with Crippen LogP contribution >= 0.6 is 0 Å². The summed E-state index contributed by atoms with van der Waals surface area (Å²) in [5, 5.41) is 0. The van der Waals surface area contributed by atoms with E-state index in [9.17, 15) is 0 Å². The monoisotopic (exact) mass is 226 g/mol. The van der Waals surface area contributed by atoms with Gasteiger partial charge in [-0.1, -0.05) is 0 Å². The van der Waals surface area contributed by atoms with Crippen molar-refractivity contribution in [3.05, 3.63) is 36.9 Å². The molecule has 0 aliphatic heterocycles. The molecule has 0 saturated heterocycles. The Morgan fingerprint density at radius 1 is 1.06 bits per heavy atom. The third-order valence-corrected chi connectivity index (χ3v) is 2.59. The molecule has 0 radical (unpaired) electrons. The zero-order chi connectivity index (χ0) is 11.7. The van der Waals surface area contributed by atoms with Crippen LogP contribution in [0.25, 0.3) is 22.4 Å². The summed E-state index contributed by atoms with van der Waals surface area (Å²) >= 11 is 0. The standard InChI is InChI=1S/C12H10N4O/c1-17-9-4-2-8(3-5-9)10-11-12(15-6-13-10)16-7-14-11/h2-7H,1H3,(H,13,14,15,16). The minimum absolute atomic E-state index is 0.672. The van der Waals surface area contributed by atoms with E-state index < -0.39 is 0 Å². The number of methoxy groups -OCH3 is 1. The molecule has 0 aliphatic carbocycles. The largest absolute Gasteiger partial charge is 0.497 e. The normalized spacial score (nSPS) is 10.6. The number of hydrogen-bond donors (Lipinski definition) is 1. The molecule has 0 saturated carbocycles. The fourth-order valence-corrected chi connectivity index (χ4v) is 1.73. The number of aromatic amines is 1. The maximum atomic E-state index is 5.12. The smallest absolute Gasteiger partial charge is 0.181 e. The number of aromatic nitrogens is 4. The Balaban J connectivity index is 2.16. The summed E-state index contributed by atoms with van der Waals surface area (Å²) in [7, 11) is 1.65. The van der Waals surface area contributed by atoms with Crippen LogP contribution in [0.1, 0.15) is 0 Å². The van der Waals surface area contributed by atoms with Gasteiger partial charge in [0.1, 0.15) is 17.6 Å². The molecule has 5 heteroatoms. The lowest BCUT2D eigenvalue weighted by Crippen LogP contribution is -1.88. The maximum absolute atomic E-state index is 5.12. The summed E-state index contributed by atoms with van der Waals surface area (Å²) < 4.78 is 5.12. The summed E-state index contributed by atoms with van der Waals surface area (Å²) in [6, 6.07) is 7.72. The molecule has 0 fully saturated rings. The maximum Gasteiger partial charge on any atom is 0.181 e. The van der Waals surface area contributed by atoms with E-state index in [2.05, 4.69) is 19.9 Å². The van der Waals surface area contributed by atoms with Gasteiger partial charge in [0.15, 0.2) is 5.65 Å². The zero-order valence-corrected chi connectivity index (χ0v) is 9.21. The summed E-state index contributed by atoms with van der Waals surface area (Å²) in [6.45, 7) is 0. The van der Waals surface area contributed by atoms with Gasteiger partial charge in [0.25, 0.3) is 0 Å². The molecule has 1 N–H and O–H groups in total. The second-order valence-corrected chi connectivity index (χ2v) is 3.55. The molecule has 2 heterocycles. The number of H-pyrrole nitrogens is 1. The quantitative estimate of drug-likeness (QED) is 0.726. The predicted octanol–water partition coefficient (Wildman–Crippen LogP) is 2.03. The Labute approximate surface area is 97.5 Å². The lowest BCUT2D eigenvalue weighted by atomic mass is 10.1. The molecule has 3 rings (SSSR count). The molecular weight excluding hydrogens is 216 g/mol. The van der Waals surface area contributed by atoms with Crippen molar-refractivity contribution >= 4 is 11.2 Å². The van der Waals surface area contributed by atoms with Crippen LogP contribution in [-0.2, 0) is 0 Å². The second-order valence-electron chi connectivity index (χ2n) is 3.55. The van der Waals surface area contributed by atoms with Gasteiger partial charge in [-0.05, 0) is 24.3 Å². The average molecular weight is 226 g/mol. The van der Waals surface area contributed by atoms with Crippen molar-refractivity contribution < 1.29 is 4.74 Å². The number of nitrogens with one attached hydrogen (secondary N) is 1. The van der Waals surface area contributed by atoms with Gasteiger partial charge in [-0.2, -0.15) is 0 Å². The molecule has 0 atom stereocenters. The van der Waals surface area contributed by atoms with E-state index in [1.165, 1.54) is 6.33 Å². The Kier molecular flexibility index (Phi) is 2.22. The minimum atomic E-state index is 0.672. The number of nitrogens with zero attached hydrogens (tertiary/aromatic N) is 3. The highest BCUT2D eigenvalue weighted by Gasteiger charge is 2.07. The second kappa shape index (κ2) is 3.86. The Morgan fingerprint density at radius 2 is 1.88 bits per heavy atom. The average Bonchev–Trinajstić information content (AvgIpc) is 2.87. The molecule has 17 heavy (non-hydrogen) atoms. The number of imidazole rings is 1. The molecule has 0 aliphatic rings. The van der Waals surface area contributed by atoms with Gasteiger partial charge in [-0.3, -0.25) is 0 Å². The molecule has 0 spiro atoms. The molecular formula is C12H10N4O. The van der Waals surface area contributed by atoms with E-state index in [4.69, 9.17) is 4.74 Å². The number of hydrogen-bond acceptors (Lipinski definition) is 4. The van der Waals surface area contributed by atoms with Gasteiger partial charge in [0, 0.05) is 5.56 Å². The van der Waals surface area contributed by atoms with Crippen LogP contribution < -0.4 is 4.74 Å². The highest BCUT2D eigenvalue weighted by atomic mass is 16.5. The van der Waals surface area contributed by atoms with E-state index in [0.717, 1.165) is 22.5 Å². The molecule has 0 bridgehead atoms. The lowest BCUT2D eigenvalue weighted by molar-refractivity contribution is 0.415. The number of fused-ring (bicyclic) bond motifs is 1. The fourth-order valence-electron chi connectivity index (χ4n) is 1.73. The van der Waals surface area contributed by atoms with Crippen LogP contribution in [0.15, 0.2) is 36.9 Å². The zero-order valence-electron chi connectivity index (χ0n) is 9.21. The highest BCUT2D eigenvalue weighted by Crippen LogP contribution is 2.24. The molecule has 1 aromatic carbocycles. The van der Waals surface area contributed by atoms with E-state index in [0.29, 0.717) is 5.65 Å². The van der Waals surface area contributed by atoms with Gasteiger partial charge in [0.05, 0.1) is 19.1 Å². The van der Waals surface area contributed by atoms with Crippen LogP contribution in [0.4, 0.5) is 0 Å². The summed E-state index contributed by atoms with van der Waals surface area (Å²) in [5.41, 5.74) is 3.36. The van der Waals surface area contributed by atoms with Crippen LogP contribution in [0.3, 0.4) is 0 Å². The third kappa shape index (κ3) is 1.61. The van der Waals surface area contributed by atoms with E-state index in [1.807, 2.05) is 24.3 Å². The van der Waals surface area contributed by atoms with Crippen LogP contribution in [0, 0.1) is 0 Å². The van der Waals surface area contributed by atoms with Gasteiger partial charge < -0.3 is 9.72 Å². The van der Waals surface area contributed by atoms with Crippen LogP contribution in [0.5, 0.6) is 5.75 Å². The summed E-state index contributed by atoms with van der Waals surface area (Å²) in [5.74, 6) is 0.823. The van der Waals surface area contributed by atoms with Crippen molar-refractivity contribution in [1.82, 2.24) is 19.9 Å². The Morgan fingerprint density at radius 3 is 2.65 bits per heavy atom. The van der Waals surface area contributed by atoms with Gasteiger partial charge >= 0.3 is 0 Å². The first kappa shape index (κ1) is 9.77. The molecule has 0 unspecified atom stereocenters. The Hall–Kier alpha value is -2.43. The molecule has 0 amide bonds. The minimum Gasteiger partial charge on any atom is -0.497 e. The molecule has 84 valence electrons. The Bertz CT molecular complexity index is 645. The summed E-state index contributed by atoms with van der Waals surface area (Å²) in [6.07, 6.45) is 3.13. The number of rotatable bonds is 2. The molecule has 3 aromatic rings. The SMILES string of the molecule is COc1ccc(-c2ncnc3nc[nH]c23)cc1. The van der Waals surface area contributed by atoms with Crippen molar-refractivity contribution in [3.8, 4) is 17.0 Å². The van der Waals surface area contributed by atoms with Crippen molar-refractivity contribution in [2.24, 2.45) is 0 Å². The van der Waals surface area contributed by atoms with E-state index in [-0.39, 0.29) is 0 Å². The van der Waals surface area contributed by atoms with Crippen molar-refractivity contribution in [2.45, 2.75) is 0 Å². The van der Waals surface area contributed by atoms with Crippen molar-refractivity contribution in [1.29, 1.82) is 0 Å². The number of ether oxygens (including phenoxy) is 1. The first-order valence-electron chi connectivity index (χ1n) is 5.17. The van der Waals surface area contributed by atoms with Gasteiger partial charge in [0.2, 0.25) is 0 Å². The van der Waals surface area contributed by atoms with Gasteiger partial charge in [-0.15, -0.1) is 0 Å². The third-order valence-electron chi connectivity index (χ3n) is 2.59. The van der Waals surface area contributed by atoms with Crippen molar-refractivity contribution in [2.75, 3.05) is 7.11 Å². The van der Waals surface area contributed by atoms with E-state index >= 15 is 0 Å². The fraction of sp³-hybridized carbons (Fsp3) is 0.0833. The van der Waals surface area contributed by atoms with Gasteiger partial charge in [-0.25, -0.2) is 15.0 Å². The lowest BCUT2D eigenvalue weighted by Gasteiger charge is -2.03. The number of benzene rings is 1. The van der Waals surface area contributed by atoms with E-state index in [1.54, 1.807) is 13.4 Å². The highest BCUT2D eigenvalue weighted by molar-refractivity contribution is 5.86. The van der Waals surface area contributed by atoms with Crippen molar-refractivity contribution in [3.63, 3.8) is 0 Å². The summed E-state index contributed by atoms with van der Waals surface area (Å²) in [4.78, 5) is 15.5. The molecule has 5 nitrogen and oxygen atoms in total. The topological polar surface area (TPSA) is 63.7 Å². The first-order valence-corrected chi connectivity index (χ1v) is 5.17. The van der Waals surface area contributed by atoms with Crippen LogP contribution in [0.2, 0.25) is 0 Å². The molecule has 2 aromatic heterocycles. The predicted molar refractivity (Wildman–Crippen MR) is 63.7 cm³/mol. The van der Waals surface area contributed by atoms with Crippen LogP contribution in [-0.4, -0.2) is 27.0 Å². The first-order chi connectivity index (χ1) is 8.38.